The zero-order valence-corrected chi connectivity index (χ0v) is 10.3. The van der Waals surface area contributed by atoms with Crippen molar-refractivity contribution in [3.8, 4) is 0 Å². The van der Waals surface area contributed by atoms with E-state index in [1.54, 1.807) is 0 Å². The number of nitrogens with zero attached hydrogens (tertiary/aromatic N) is 2. The van der Waals surface area contributed by atoms with Crippen LogP contribution in [0.3, 0.4) is 0 Å². The third-order valence-electron chi connectivity index (χ3n) is 3.41. The van der Waals surface area contributed by atoms with Gasteiger partial charge in [-0.25, -0.2) is 4.98 Å². The molecule has 2 heteroatoms. The molecule has 88 valence electrons. The molecule has 2 aromatic rings. The highest BCUT2D eigenvalue weighted by Gasteiger charge is 2.27. The van der Waals surface area contributed by atoms with Gasteiger partial charge in [-0.15, -0.1) is 0 Å². The smallest absolute Gasteiger partial charge is 0.111 e. The molecule has 0 amide bonds. The summed E-state index contributed by atoms with van der Waals surface area (Å²) in [6.07, 6.45) is 7.79. The third kappa shape index (κ3) is 2.41. The van der Waals surface area contributed by atoms with Gasteiger partial charge >= 0.3 is 0 Å². The van der Waals surface area contributed by atoms with Crippen molar-refractivity contribution in [2.75, 3.05) is 0 Å². The number of aromatic nitrogens is 2. The average molecular weight is 226 g/mol. The lowest BCUT2D eigenvalue weighted by Crippen LogP contribution is -2.04. The van der Waals surface area contributed by atoms with Crippen LogP contribution in [0.1, 0.15) is 35.7 Å². The third-order valence-corrected chi connectivity index (χ3v) is 3.41. The van der Waals surface area contributed by atoms with Gasteiger partial charge in [0.25, 0.3) is 0 Å². The average Bonchev–Trinajstić information content (AvgIpc) is 3.06. The standard InChI is InChI=1S/C15H18N2/c1-12-3-2-4-13(11-12)7-9-17-10-8-16-15(17)14-5-6-14/h2-4,8,10-11,14H,5-7,9H2,1H3. The molecule has 1 aromatic carbocycles. The Hall–Kier alpha value is -1.57. The second-order valence-electron chi connectivity index (χ2n) is 4.99. The van der Waals surface area contributed by atoms with Gasteiger partial charge in [-0.3, -0.25) is 0 Å². The van der Waals surface area contributed by atoms with Crippen molar-refractivity contribution >= 4 is 0 Å². The molecule has 0 spiro atoms. The highest BCUT2D eigenvalue weighted by atomic mass is 15.1. The van der Waals surface area contributed by atoms with Gasteiger partial charge < -0.3 is 4.57 Å². The van der Waals surface area contributed by atoms with Crippen molar-refractivity contribution < 1.29 is 0 Å². The largest absolute Gasteiger partial charge is 0.334 e. The summed E-state index contributed by atoms with van der Waals surface area (Å²) in [5, 5.41) is 0. The van der Waals surface area contributed by atoms with E-state index < -0.39 is 0 Å². The number of aryl methyl sites for hydroxylation is 3. The van der Waals surface area contributed by atoms with Crippen molar-refractivity contribution in [2.24, 2.45) is 0 Å². The Balaban J connectivity index is 1.69. The van der Waals surface area contributed by atoms with Crippen LogP contribution in [0, 0.1) is 6.92 Å². The van der Waals surface area contributed by atoms with Crippen LogP contribution < -0.4 is 0 Å². The molecular formula is C15H18N2. The molecular weight excluding hydrogens is 208 g/mol. The van der Waals surface area contributed by atoms with Gasteiger partial charge in [0.05, 0.1) is 0 Å². The number of rotatable bonds is 4. The van der Waals surface area contributed by atoms with Gasteiger partial charge in [0.2, 0.25) is 0 Å². The summed E-state index contributed by atoms with van der Waals surface area (Å²) >= 11 is 0. The fraction of sp³-hybridized carbons (Fsp3) is 0.400. The molecule has 0 N–H and O–H groups in total. The molecule has 1 fully saturated rings. The molecule has 1 heterocycles. The van der Waals surface area contributed by atoms with E-state index in [2.05, 4.69) is 46.9 Å². The van der Waals surface area contributed by atoms with E-state index in [0.29, 0.717) is 0 Å². The zero-order valence-electron chi connectivity index (χ0n) is 10.3. The van der Waals surface area contributed by atoms with Crippen LogP contribution in [0.2, 0.25) is 0 Å². The van der Waals surface area contributed by atoms with E-state index in [0.717, 1.165) is 18.9 Å². The maximum Gasteiger partial charge on any atom is 0.111 e. The maximum atomic E-state index is 4.47. The van der Waals surface area contributed by atoms with Crippen LogP contribution in [0.4, 0.5) is 0 Å². The number of hydrogen-bond acceptors (Lipinski definition) is 1. The van der Waals surface area contributed by atoms with E-state index in [-0.39, 0.29) is 0 Å². The minimum atomic E-state index is 0.738. The van der Waals surface area contributed by atoms with E-state index >= 15 is 0 Å². The summed E-state index contributed by atoms with van der Waals surface area (Å²) in [4.78, 5) is 4.47. The maximum absolute atomic E-state index is 4.47. The summed E-state index contributed by atoms with van der Waals surface area (Å²) in [5.41, 5.74) is 2.76. The fourth-order valence-electron chi connectivity index (χ4n) is 2.33. The SMILES string of the molecule is Cc1cccc(CCn2ccnc2C2CC2)c1. The Kier molecular flexibility index (Phi) is 2.71. The molecule has 0 aliphatic heterocycles. The lowest BCUT2D eigenvalue weighted by Gasteiger charge is -2.07. The molecule has 1 saturated carbocycles. The van der Waals surface area contributed by atoms with E-state index in [1.165, 1.54) is 29.8 Å². The summed E-state index contributed by atoms with van der Waals surface area (Å²) < 4.78 is 2.32. The molecule has 1 aromatic heterocycles. The Morgan fingerprint density at radius 3 is 3.00 bits per heavy atom. The summed E-state index contributed by atoms with van der Waals surface area (Å²) in [5.74, 6) is 2.03. The van der Waals surface area contributed by atoms with Crippen LogP contribution in [-0.2, 0) is 13.0 Å². The van der Waals surface area contributed by atoms with E-state index in [1.807, 2.05) is 6.20 Å². The normalized spacial score (nSPS) is 15.1. The van der Waals surface area contributed by atoms with Crippen molar-refractivity contribution in [1.29, 1.82) is 0 Å². The molecule has 2 nitrogen and oxygen atoms in total. The molecule has 0 saturated heterocycles. The van der Waals surface area contributed by atoms with Crippen LogP contribution in [-0.4, -0.2) is 9.55 Å². The van der Waals surface area contributed by atoms with Gasteiger partial charge in [-0.1, -0.05) is 29.8 Å². The second-order valence-corrected chi connectivity index (χ2v) is 4.99. The molecule has 0 atom stereocenters. The molecule has 1 aliphatic rings. The van der Waals surface area contributed by atoms with E-state index in [9.17, 15) is 0 Å². The van der Waals surface area contributed by atoms with Crippen molar-refractivity contribution in [1.82, 2.24) is 9.55 Å². The first-order valence-corrected chi connectivity index (χ1v) is 6.39. The highest BCUT2D eigenvalue weighted by molar-refractivity contribution is 5.22. The van der Waals surface area contributed by atoms with Gasteiger partial charge in [0.1, 0.15) is 5.82 Å². The van der Waals surface area contributed by atoms with Crippen LogP contribution in [0.5, 0.6) is 0 Å². The quantitative estimate of drug-likeness (QED) is 0.782. The lowest BCUT2D eigenvalue weighted by atomic mass is 10.1. The molecule has 1 aliphatic carbocycles. The van der Waals surface area contributed by atoms with Crippen molar-refractivity contribution in [2.45, 2.75) is 38.6 Å². The predicted molar refractivity (Wildman–Crippen MR) is 69.1 cm³/mol. The van der Waals surface area contributed by atoms with Crippen LogP contribution in [0.15, 0.2) is 36.7 Å². The monoisotopic (exact) mass is 226 g/mol. The Labute approximate surface area is 102 Å². The molecule has 0 radical (unpaired) electrons. The molecule has 0 bridgehead atoms. The lowest BCUT2D eigenvalue weighted by molar-refractivity contribution is 0.652. The molecule has 3 rings (SSSR count). The zero-order chi connectivity index (χ0) is 11.7. The number of benzene rings is 1. The van der Waals surface area contributed by atoms with Crippen molar-refractivity contribution in [3.05, 3.63) is 53.6 Å². The van der Waals surface area contributed by atoms with Crippen LogP contribution in [0.25, 0.3) is 0 Å². The second kappa shape index (κ2) is 4.36. The Morgan fingerprint density at radius 1 is 1.35 bits per heavy atom. The Morgan fingerprint density at radius 2 is 2.24 bits per heavy atom. The first-order valence-electron chi connectivity index (χ1n) is 6.39. The predicted octanol–water partition coefficient (Wildman–Crippen LogP) is 3.31. The minimum absolute atomic E-state index is 0.738. The summed E-state index contributed by atoms with van der Waals surface area (Å²) in [6, 6.07) is 8.77. The molecule has 0 unspecified atom stereocenters. The number of hydrogen-bond donors (Lipinski definition) is 0. The first kappa shape index (κ1) is 10.6. The summed E-state index contributed by atoms with van der Waals surface area (Å²) in [7, 11) is 0. The van der Waals surface area contributed by atoms with Gasteiger partial charge in [-0.05, 0) is 31.7 Å². The number of imidazole rings is 1. The topological polar surface area (TPSA) is 17.8 Å². The van der Waals surface area contributed by atoms with Gasteiger partial charge in [0, 0.05) is 24.9 Å². The highest BCUT2D eigenvalue weighted by Crippen LogP contribution is 2.38. The first-order chi connectivity index (χ1) is 8.33. The summed E-state index contributed by atoms with van der Waals surface area (Å²) in [6.45, 7) is 3.20. The van der Waals surface area contributed by atoms with Gasteiger partial charge in [0.15, 0.2) is 0 Å². The van der Waals surface area contributed by atoms with E-state index in [4.69, 9.17) is 0 Å². The van der Waals surface area contributed by atoms with Crippen LogP contribution >= 0.6 is 0 Å². The van der Waals surface area contributed by atoms with Crippen molar-refractivity contribution in [3.63, 3.8) is 0 Å². The fourth-order valence-corrected chi connectivity index (χ4v) is 2.33. The Bertz CT molecular complexity index is 509. The van der Waals surface area contributed by atoms with Gasteiger partial charge in [-0.2, -0.15) is 0 Å². The minimum Gasteiger partial charge on any atom is -0.334 e. The molecule has 17 heavy (non-hydrogen) atoms.